The Morgan fingerprint density at radius 2 is 1.35 bits per heavy atom. The van der Waals surface area contributed by atoms with Crippen LogP contribution in [0, 0.1) is 6.92 Å². The van der Waals surface area contributed by atoms with E-state index in [0.717, 1.165) is 0 Å². The van der Waals surface area contributed by atoms with E-state index < -0.39 is 0 Å². The van der Waals surface area contributed by atoms with Crippen LogP contribution >= 0.6 is 0 Å². The standard InChI is InChI=1S/C17H18/c1-4-15-7-11-17(12-8-15)14(3)16-9-5-13(2)6-10-16/h4-12,14H,1H2,2-3H3. The van der Waals surface area contributed by atoms with Crippen molar-refractivity contribution in [2.24, 2.45) is 0 Å². The minimum Gasteiger partial charge on any atom is -0.0985 e. The maximum absolute atomic E-state index is 3.77. The lowest BCUT2D eigenvalue weighted by atomic mass is 9.92. The normalized spacial score (nSPS) is 12.1. The minimum absolute atomic E-state index is 0.439. The summed E-state index contributed by atoms with van der Waals surface area (Å²) >= 11 is 0. The van der Waals surface area contributed by atoms with Crippen LogP contribution in [0.2, 0.25) is 0 Å². The van der Waals surface area contributed by atoms with Gasteiger partial charge in [-0.1, -0.05) is 73.7 Å². The molecule has 2 rings (SSSR count). The van der Waals surface area contributed by atoms with Gasteiger partial charge in [0, 0.05) is 5.92 Å². The van der Waals surface area contributed by atoms with Crippen LogP contribution in [0.25, 0.3) is 6.08 Å². The predicted molar refractivity (Wildman–Crippen MR) is 75.2 cm³/mol. The van der Waals surface area contributed by atoms with Crippen molar-refractivity contribution in [2.45, 2.75) is 19.8 Å². The molecule has 0 aromatic heterocycles. The molecule has 0 saturated carbocycles. The number of aryl methyl sites for hydroxylation is 1. The number of rotatable bonds is 3. The van der Waals surface area contributed by atoms with E-state index in [2.05, 4.69) is 69.0 Å². The van der Waals surface area contributed by atoms with Gasteiger partial charge in [-0.15, -0.1) is 0 Å². The Hall–Kier alpha value is -1.82. The second-order valence-corrected chi connectivity index (χ2v) is 4.50. The first-order chi connectivity index (χ1) is 8.20. The molecule has 0 aliphatic carbocycles. The zero-order chi connectivity index (χ0) is 12.3. The molecule has 0 N–H and O–H groups in total. The van der Waals surface area contributed by atoms with Crippen molar-refractivity contribution in [3.63, 3.8) is 0 Å². The lowest BCUT2D eigenvalue weighted by Gasteiger charge is -2.13. The molecule has 0 heteroatoms. The Kier molecular flexibility index (Phi) is 3.43. The average Bonchev–Trinajstić information content (AvgIpc) is 2.39. The highest BCUT2D eigenvalue weighted by Gasteiger charge is 2.07. The molecule has 1 atom stereocenters. The summed E-state index contributed by atoms with van der Waals surface area (Å²) in [5, 5.41) is 0. The monoisotopic (exact) mass is 222 g/mol. The summed E-state index contributed by atoms with van der Waals surface area (Å²) in [5.74, 6) is 0.439. The van der Waals surface area contributed by atoms with Gasteiger partial charge < -0.3 is 0 Å². The van der Waals surface area contributed by atoms with Crippen LogP contribution in [0.5, 0.6) is 0 Å². The Morgan fingerprint density at radius 3 is 1.82 bits per heavy atom. The molecule has 0 heterocycles. The highest BCUT2D eigenvalue weighted by molar-refractivity contribution is 5.48. The van der Waals surface area contributed by atoms with Gasteiger partial charge >= 0.3 is 0 Å². The van der Waals surface area contributed by atoms with Crippen LogP contribution in [0.3, 0.4) is 0 Å². The first-order valence-electron chi connectivity index (χ1n) is 5.99. The van der Waals surface area contributed by atoms with Crippen molar-refractivity contribution in [3.05, 3.63) is 77.4 Å². The van der Waals surface area contributed by atoms with Crippen LogP contribution in [-0.2, 0) is 0 Å². The molecule has 0 saturated heterocycles. The first-order valence-corrected chi connectivity index (χ1v) is 5.99. The SMILES string of the molecule is C=Cc1ccc(C(C)c2ccc(C)cc2)cc1. The van der Waals surface area contributed by atoms with Gasteiger partial charge in [0.2, 0.25) is 0 Å². The highest BCUT2D eigenvalue weighted by Crippen LogP contribution is 2.24. The van der Waals surface area contributed by atoms with Crippen LogP contribution < -0.4 is 0 Å². The minimum atomic E-state index is 0.439. The van der Waals surface area contributed by atoms with E-state index in [9.17, 15) is 0 Å². The van der Waals surface area contributed by atoms with E-state index in [1.165, 1.54) is 22.3 Å². The molecular weight excluding hydrogens is 204 g/mol. The first kappa shape index (κ1) is 11.7. The molecule has 17 heavy (non-hydrogen) atoms. The third-order valence-electron chi connectivity index (χ3n) is 3.25. The summed E-state index contributed by atoms with van der Waals surface area (Å²) in [6, 6.07) is 17.4. The fourth-order valence-corrected chi connectivity index (χ4v) is 1.97. The second-order valence-electron chi connectivity index (χ2n) is 4.50. The summed E-state index contributed by atoms with van der Waals surface area (Å²) in [6.07, 6.45) is 1.88. The van der Waals surface area contributed by atoms with Gasteiger partial charge in [-0.25, -0.2) is 0 Å². The molecule has 1 unspecified atom stereocenters. The van der Waals surface area contributed by atoms with Crippen LogP contribution in [0.15, 0.2) is 55.1 Å². The van der Waals surface area contributed by atoms with Gasteiger partial charge in [0.05, 0.1) is 0 Å². The van der Waals surface area contributed by atoms with Crippen molar-refractivity contribution in [1.82, 2.24) is 0 Å². The van der Waals surface area contributed by atoms with Crippen molar-refractivity contribution >= 4 is 6.08 Å². The number of hydrogen-bond acceptors (Lipinski definition) is 0. The summed E-state index contributed by atoms with van der Waals surface area (Å²) in [7, 11) is 0. The molecule has 0 aliphatic rings. The maximum atomic E-state index is 3.77. The van der Waals surface area contributed by atoms with Crippen molar-refractivity contribution in [3.8, 4) is 0 Å². The molecule has 0 radical (unpaired) electrons. The van der Waals surface area contributed by atoms with Gasteiger partial charge in [-0.2, -0.15) is 0 Å². The molecule has 86 valence electrons. The van der Waals surface area contributed by atoms with E-state index >= 15 is 0 Å². The largest absolute Gasteiger partial charge is 0.0985 e. The molecule has 2 aromatic rings. The third-order valence-corrected chi connectivity index (χ3v) is 3.25. The lowest BCUT2D eigenvalue weighted by Crippen LogP contribution is -1.95. The van der Waals surface area contributed by atoms with Crippen LogP contribution in [-0.4, -0.2) is 0 Å². The Bertz CT molecular complexity index is 489. The molecule has 0 amide bonds. The zero-order valence-corrected chi connectivity index (χ0v) is 10.5. The van der Waals surface area contributed by atoms with E-state index in [0.29, 0.717) is 5.92 Å². The highest BCUT2D eigenvalue weighted by atomic mass is 14.1. The summed E-state index contributed by atoms with van der Waals surface area (Å²) in [6.45, 7) is 8.14. The van der Waals surface area contributed by atoms with Gasteiger partial charge in [0.25, 0.3) is 0 Å². The van der Waals surface area contributed by atoms with Gasteiger partial charge in [0.1, 0.15) is 0 Å². The molecule has 0 spiro atoms. The summed E-state index contributed by atoms with van der Waals surface area (Å²) < 4.78 is 0. The van der Waals surface area contributed by atoms with Crippen LogP contribution in [0.4, 0.5) is 0 Å². The second kappa shape index (κ2) is 5.01. The topological polar surface area (TPSA) is 0 Å². The zero-order valence-electron chi connectivity index (χ0n) is 10.5. The third kappa shape index (κ3) is 2.65. The quantitative estimate of drug-likeness (QED) is 0.700. The van der Waals surface area contributed by atoms with Crippen LogP contribution in [0.1, 0.15) is 35.1 Å². The predicted octanol–water partition coefficient (Wildman–Crippen LogP) is 4.79. The van der Waals surface area contributed by atoms with Crippen molar-refractivity contribution in [2.75, 3.05) is 0 Å². The van der Waals surface area contributed by atoms with Crippen molar-refractivity contribution in [1.29, 1.82) is 0 Å². The van der Waals surface area contributed by atoms with Gasteiger partial charge in [-0.05, 0) is 23.6 Å². The van der Waals surface area contributed by atoms with E-state index in [1.807, 2.05) is 6.08 Å². The molecule has 0 bridgehead atoms. The van der Waals surface area contributed by atoms with E-state index in [1.54, 1.807) is 0 Å². The van der Waals surface area contributed by atoms with Crippen molar-refractivity contribution < 1.29 is 0 Å². The smallest absolute Gasteiger partial charge is 0.00610 e. The summed E-state index contributed by atoms with van der Waals surface area (Å²) in [5.41, 5.74) is 5.19. The maximum Gasteiger partial charge on any atom is 0.00610 e. The number of benzene rings is 2. The average molecular weight is 222 g/mol. The lowest BCUT2D eigenvalue weighted by molar-refractivity contribution is 0.921. The Balaban J connectivity index is 2.26. The fraction of sp³-hybridized carbons (Fsp3) is 0.176. The Morgan fingerprint density at radius 1 is 0.882 bits per heavy atom. The number of hydrogen-bond donors (Lipinski definition) is 0. The molecular formula is C17H18. The molecule has 0 aliphatic heterocycles. The van der Waals surface area contributed by atoms with E-state index in [4.69, 9.17) is 0 Å². The molecule has 0 fully saturated rings. The van der Waals surface area contributed by atoms with E-state index in [-0.39, 0.29) is 0 Å². The summed E-state index contributed by atoms with van der Waals surface area (Å²) in [4.78, 5) is 0. The molecule has 2 aromatic carbocycles. The fourth-order valence-electron chi connectivity index (χ4n) is 1.97. The molecule has 0 nitrogen and oxygen atoms in total. The van der Waals surface area contributed by atoms with Gasteiger partial charge in [-0.3, -0.25) is 0 Å². The van der Waals surface area contributed by atoms with Gasteiger partial charge in [0.15, 0.2) is 0 Å². The Labute approximate surface area is 104 Å².